The number of methoxy groups -OCH3 is 1. The lowest BCUT2D eigenvalue weighted by molar-refractivity contribution is -0.126. The van der Waals surface area contributed by atoms with Gasteiger partial charge >= 0.3 is 6.01 Å². The van der Waals surface area contributed by atoms with Gasteiger partial charge in [0.1, 0.15) is 29.5 Å². The van der Waals surface area contributed by atoms with E-state index in [0.29, 0.717) is 50.5 Å². The number of halogens is 3. The minimum absolute atomic E-state index is 0.00233. The van der Waals surface area contributed by atoms with Gasteiger partial charge in [0.15, 0.2) is 5.82 Å². The zero-order valence-corrected chi connectivity index (χ0v) is 23.2. The summed E-state index contributed by atoms with van der Waals surface area (Å²) in [5.41, 5.74) is -0.264. The van der Waals surface area contributed by atoms with Gasteiger partial charge in [-0.15, -0.1) is 0 Å². The molecule has 0 spiro atoms. The van der Waals surface area contributed by atoms with Gasteiger partial charge in [-0.25, -0.2) is 8.78 Å². The van der Waals surface area contributed by atoms with Gasteiger partial charge in [0.2, 0.25) is 5.91 Å². The van der Waals surface area contributed by atoms with E-state index in [1.54, 1.807) is 17.0 Å². The van der Waals surface area contributed by atoms with Crippen molar-refractivity contribution in [2.75, 3.05) is 64.4 Å². The molecule has 5 rings (SSSR count). The first-order chi connectivity index (χ1) is 19.4. The second kappa shape index (κ2) is 12.3. The van der Waals surface area contributed by atoms with Crippen LogP contribution in [0.25, 0.3) is 22.0 Å². The highest BCUT2D eigenvalue weighted by atomic mass is 35.5. The number of anilines is 1. The normalized spacial score (nSPS) is 16.3. The minimum Gasteiger partial charge on any atom is -0.496 e. The fourth-order valence-electron chi connectivity index (χ4n) is 5.33. The molecule has 8 nitrogen and oxygen atoms in total. The van der Waals surface area contributed by atoms with E-state index in [9.17, 15) is 9.18 Å². The van der Waals surface area contributed by atoms with E-state index in [1.807, 2.05) is 4.90 Å². The summed E-state index contributed by atoms with van der Waals surface area (Å²) in [5, 5.41) is 0.367. The number of rotatable bonds is 8. The molecule has 0 bridgehead atoms. The lowest BCUT2D eigenvalue weighted by Crippen LogP contribution is -2.48. The Morgan fingerprint density at radius 3 is 2.52 bits per heavy atom. The van der Waals surface area contributed by atoms with E-state index in [1.165, 1.54) is 31.7 Å². The van der Waals surface area contributed by atoms with Gasteiger partial charge in [0.25, 0.3) is 0 Å². The number of likely N-dealkylation sites (tertiary alicyclic amines) is 1. The third kappa shape index (κ3) is 5.69. The Morgan fingerprint density at radius 2 is 1.82 bits per heavy atom. The van der Waals surface area contributed by atoms with Crippen molar-refractivity contribution in [3.05, 3.63) is 53.6 Å². The SMILES string of the molecule is C=CC(=O)N1CCN(c2nc(OCCN3CCCCC3)nc3c(F)c(-c4c(F)cccc4OC)c(Cl)cc23)CC1. The zero-order valence-electron chi connectivity index (χ0n) is 22.5. The van der Waals surface area contributed by atoms with Crippen molar-refractivity contribution in [1.82, 2.24) is 19.8 Å². The summed E-state index contributed by atoms with van der Waals surface area (Å²) in [6, 6.07) is 5.83. The lowest BCUT2D eigenvalue weighted by Gasteiger charge is -2.35. The van der Waals surface area contributed by atoms with Crippen molar-refractivity contribution in [2.24, 2.45) is 0 Å². The predicted molar refractivity (Wildman–Crippen MR) is 151 cm³/mol. The monoisotopic (exact) mass is 571 g/mol. The molecule has 0 aliphatic carbocycles. The quantitative estimate of drug-likeness (QED) is 0.355. The molecule has 2 aliphatic rings. The molecular weight excluding hydrogens is 540 g/mol. The van der Waals surface area contributed by atoms with Crippen LogP contribution < -0.4 is 14.4 Å². The largest absolute Gasteiger partial charge is 0.496 e. The van der Waals surface area contributed by atoms with E-state index in [-0.39, 0.29) is 39.3 Å². The number of fused-ring (bicyclic) bond motifs is 1. The Balaban J connectivity index is 1.55. The van der Waals surface area contributed by atoms with Gasteiger partial charge in [-0.05, 0) is 50.2 Å². The van der Waals surface area contributed by atoms with Crippen molar-refractivity contribution in [3.63, 3.8) is 0 Å². The summed E-state index contributed by atoms with van der Waals surface area (Å²) >= 11 is 6.61. The molecule has 0 radical (unpaired) electrons. The Hall–Kier alpha value is -3.50. The molecule has 2 aromatic carbocycles. The molecule has 40 heavy (non-hydrogen) atoms. The first kappa shape index (κ1) is 28.0. The molecule has 3 aromatic rings. The van der Waals surface area contributed by atoms with Crippen LogP contribution in [-0.4, -0.2) is 85.2 Å². The van der Waals surface area contributed by atoms with Crippen LogP contribution in [0.5, 0.6) is 11.8 Å². The predicted octanol–water partition coefficient (Wildman–Crippen LogP) is 4.94. The maximum absolute atomic E-state index is 16.3. The Morgan fingerprint density at radius 1 is 1.07 bits per heavy atom. The van der Waals surface area contributed by atoms with Crippen molar-refractivity contribution in [1.29, 1.82) is 0 Å². The van der Waals surface area contributed by atoms with Crippen LogP contribution >= 0.6 is 11.6 Å². The molecule has 0 N–H and O–H groups in total. The molecule has 0 saturated carbocycles. The third-order valence-corrected chi connectivity index (χ3v) is 7.74. The van der Waals surface area contributed by atoms with E-state index >= 15 is 4.39 Å². The van der Waals surface area contributed by atoms with Crippen LogP contribution in [0.3, 0.4) is 0 Å². The van der Waals surface area contributed by atoms with Crippen LogP contribution in [0.4, 0.5) is 14.6 Å². The van der Waals surface area contributed by atoms with Crippen LogP contribution in [0.1, 0.15) is 19.3 Å². The first-order valence-corrected chi connectivity index (χ1v) is 13.8. The van der Waals surface area contributed by atoms with Crippen LogP contribution in [0, 0.1) is 11.6 Å². The molecule has 0 unspecified atom stereocenters. The maximum Gasteiger partial charge on any atom is 0.319 e. The number of benzene rings is 2. The minimum atomic E-state index is -0.795. The summed E-state index contributed by atoms with van der Waals surface area (Å²) in [6.45, 7) is 8.46. The number of hydrogen-bond donors (Lipinski definition) is 0. The van der Waals surface area contributed by atoms with E-state index in [0.717, 1.165) is 25.9 Å². The molecule has 2 aliphatic heterocycles. The number of piperazine rings is 1. The number of amides is 1. The van der Waals surface area contributed by atoms with Crippen molar-refractivity contribution >= 4 is 34.2 Å². The average molecular weight is 572 g/mol. The third-order valence-electron chi connectivity index (χ3n) is 7.44. The Bertz CT molecular complexity index is 1410. The van der Waals surface area contributed by atoms with Crippen LogP contribution in [0.2, 0.25) is 5.02 Å². The Labute approximate surface area is 237 Å². The number of aromatic nitrogens is 2. The topological polar surface area (TPSA) is 71.0 Å². The highest BCUT2D eigenvalue weighted by molar-refractivity contribution is 6.34. The molecule has 3 heterocycles. The number of carbonyl (C=O) groups excluding carboxylic acids is 1. The van der Waals surface area contributed by atoms with Crippen molar-refractivity contribution in [2.45, 2.75) is 19.3 Å². The fourth-order valence-corrected chi connectivity index (χ4v) is 5.62. The van der Waals surface area contributed by atoms with Crippen molar-refractivity contribution < 1.29 is 23.0 Å². The standard InChI is InChI=1S/C29H32ClF2N5O3/c1-3-23(38)36-12-14-37(15-13-36)28-19-18-20(30)24(25-21(31)8-7-9-22(25)39-2)26(32)27(19)33-29(34-28)40-17-16-35-10-5-4-6-11-35/h3,7-9,18H,1,4-6,10-17H2,2H3. The summed E-state index contributed by atoms with van der Waals surface area (Å²) in [7, 11) is 1.39. The summed E-state index contributed by atoms with van der Waals surface area (Å²) in [6.07, 6.45) is 4.84. The molecule has 212 valence electrons. The van der Waals surface area contributed by atoms with E-state index < -0.39 is 11.6 Å². The van der Waals surface area contributed by atoms with Gasteiger partial charge in [0.05, 0.1) is 17.7 Å². The lowest BCUT2D eigenvalue weighted by atomic mass is 10.0. The first-order valence-electron chi connectivity index (χ1n) is 13.4. The van der Waals surface area contributed by atoms with Crippen molar-refractivity contribution in [3.8, 4) is 22.9 Å². The van der Waals surface area contributed by atoms with E-state index in [2.05, 4.69) is 21.4 Å². The molecular formula is C29H32ClF2N5O3. The zero-order chi connectivity index (χ0) is 28.2. The number of carbonyl (C=O) groups is 1. The van der Waals surface area contributed by atoms with Crippen LogP contribution in [-0.2, 0) is 4.79 Å². The van der Waals surface area contributed by atoms with E-state index in [4.69, 9.17) is 21.1 Å². The average Bonchev–Trinajstić information content (AvgIpc) is 2.98. The van der Waals surface area contributed by atoms with Gasteiger partial charge in [-0.1, -0.05) is 30.7 Å². The van der Waals surface area contributed by atoms with Gasteiger partial charge in [0, 0.05) is 43.7 Å². The summed E-state index contributed by atoms with van der Waals surface area (Å²) in [5.74, 6) is -1.02. The smallest absolute Gasteiger partial charge is 0.319 e. The molecule has 2 saturated heterocycles. The fraction of sp³-hybridized carbons (Fsp3) is 0.414. The number of hydrogen-bond acceptors (Lipinski definition) is 7. The second-order valence-corrected chi connectivity index (χ2v) is 10.3. The van der Waals surface area contributed by atoms with Gasteiger partial charge in [-0.3, -0.25) is 9.69 Å². The molecule has 0 atom stereocenters. The molecule has 1 amide bonds. The molecule has 11 heteroatoms. The highest BCUT2D eigenvalue weighted by Gasteiger charge is 2.28. The van der Waals surface area contributed by atoms with Gasteiger partial charge in [-0.2, -0.15) is 9.97 Å². The second-order valence-electron chi connectivity index (χ2n) is 9.86. The van der Waals surface area contributed by atoms with Gasteiger partial charge < -0.3 is 19.3 Å². The molecule has 2 fully saturated rings. The number of ether oxygens (including phenoxy) is 2. The van der Waals surface area contributed by atoms with Crippen LogP contribution in [0.15, 0.2) is 36.9 Å². The molecule has 1 aromatic heterocycles. The summed E-state index contributed by atoms with van der Waals surface area (Å²) in [4.78, 5) is 27.2. The number of piperidine rings is 1. The Kier molecular flexibility index (Phi) is 8.66. The summed E-state index contributed by atoms with van der Waals surface area (Å²) < 4.78 is 42.6. The maximum atomic E-state index is 16.3. The number of nitrogens with zero attached hydrogens (tertiary/aromatic N) is 5. The highest BCUT2D eigenvalue weighted by Crippen LogP contribution is 2.43.